The Morgan fingerprint density at radius 2 is 1.90 bits per heavy atom. The van der Waals surface area contributed by atoms with E-state index in [1.165, 1.54) is 0 Å². The van der Waals surface area contributed by atoms with E-state index in [0.717, 1.165) is 18.5 Å². The molecule has 0 amide bonds. The molecule has 0 spiro atoms. The van der Waals surface area contributed by atoms with Gasteiger partial charge >= 0.3 is 0 Å². The lowest BCUT2D eigenvalue weighted by molar-refractivity contribution is 0.144. The summed E-state index contributed by atoms with van der Waals surface area (Å²) in [6.45, 7) is 5.86. The molecule has 1 aromatic carbocycles. The van der Waals surface area contributed by atoms with Gasteiger partial charge in [-0.15, -0.1) is 0 Å². The van der Waals surface area contributed by atoms with E-state index >= 15 is 0 Å². The van der Waals surface area contributed by atoms with Crippen molar-refractivity contribution in [3.8, 4) is 0 Å². The van der Waals surface area contributed by atoms with Gasteiger partial charge in [-0.1, -0.05) is 19.1 Å². The van der Waals surface area contributed by atoms with Crippen LogP contribution in [0.4, 0.5) is 0 Å². The highest BCUT2D eigenvalue weighted by molar-refractivity contribution is 7.89. The minimum absolute atomic E-state index is 0.0881. The average molecular weight is 311 g/mol. The molecule has 0 radical (unpaired) electrons. The number of piperazine rings is 1. The number of hydrogen-bond acceptors (Lipinski definition) is 4. The molecule has 0 bridgehead atoms. The third-order valence-corrected chi connectivity index (χ3v) is 6.13. The number of likely N-dealkylation sites (N-methyl/N-ethyl adjacent to an activating group) is 1. The summed E-state index contributed by atoms with van der Waals surface area (Å²) in [4.78, 5) is 2.58. The van der Waals surface area contributed by atoms with Crippen LogP contribution in [0, 0.1) is 0 Å². The van der Waals surface area contributed by atoms with Crippen LogP contribution in [-0.2, 0) is 10.0 Å². The van der Waals surface area contributed by atoms with E-state index in [9.17, 15) is 8.42 Å². The number of nitrogens with zero attached hydrogens (tertiary/aromatic N) is 2. The van der Waals surface area contributed by atoms with Crippen LogP contribution in [-0.4, -0.2) is 50.3 Å². The molecule has 1 aliphatic heterocycles. The molecule has 6 heteroatoms. The second-order valence-electron chi connectivity index (χ2n) is 5.76. The molecule has 5 nitrogen and oxygen atoms in total. The van der Waals surface area contributed by atoms with Crippen molar-refractivity contribution < 1.29 is 8.42 Å². The third-order valence-electron chi connectivity index (χ3n) is 4.25. The number of nitrogens with two attached hydrogens (primary N) is 1. The Balaban J connectivity index is 2.21. The standard InChI is InChI=1S/C15H25N3O2S/c1-4-14-11-18(10-9-17(14)3)21(19,20)15-7-5-13(6-8-15)12(2)16/h5-8,12,14H,4,9-11,16H2,1-3H3. The summed E-state index contributed by atoms with van der Waals surface area (Å²) in [5.41, 5.74) is 6.75. The Labute approximate surface area is 127 Å². The maximum Gasteiger partial charge on any atom is 0.243 e. The summed E-state index contributed by atoms with van der Waals surface area (Å²) in [6.07, 6.45) is 0.951. The molecular formula is C15H25N3O2S. The van der Waals surface area contributed by atoms with Gasteiger partial charge in [0.2, 0.25) is 10.0 Å². The van der Waals surface area contributed by atoms with Crippen molar-refractivity contribution in [1.29, 1.82) is 0 Å². The Morgan fingerprint density at radius 3 is 2.43 bits per heavy atom. The van der Waals surface area contributed by atoms with Crippen LogP contribution in [0.1, 0.15) is 31.9 Å². The van der Waals surface area contributed by atoms with Crippen LogP contribution in [0.5, 0.6) is 0 Å². The van der Waals surface area contributed by atoms with Gasteiger partial charge in [0, 0.05) is 31.7 Å². The fourth-order valence-electron chi connectivity index (χ4n) is 2.67. The molecule has 1 heterocycles. The van der Waals surface area contributed by atoms with Crippen molar-refractivity contribution in [2.24, 2.45) is 5.73 Å². The van der Waals surface area contributed by atoms with Crippen molar-refractivity contribution >= 4 is 10.0 Å². The van der Waals surface area contributed by atoms with Gasteiger partial charge in [-0.25, -0.2) is 8.42 Å². The van der Waals surface area contributed by atoms with Crippen molar-refractivity contribution in [1.82, 2.24) is 9.21 Å². The van der Waals surface area contributed by atoms with Crippen LogP contribution < -0.4 is 5.73 Å². The van der Waals surface area contributed by atoms with Crippen molar-refractivity contribution in [3.63, 3.8) is 0 Å². The third kappa shape index (κ3) is 3.45. The molecule has 1 aliphatic rings. The molecule has 21 heavy (non-hydrogen) atoms. The molecule has 0 aromatic heterocycles. The smallest absolute Gasteiger partial charge is 0.243 e. The van der Waals surface area contributed by atoms with Crippen molar-refractivity contribution in [2.75, 3.05) is 26.7 Å². The van der Waals surface area contributed by atoms with Crippen LogP contribution in [0.25, 0.3) is 0 Å². The summed E-state index contributed by atoms with van der Waals surface area (Å²) < 4.78 is 27.0. The zero-order valence-corrected chi connectivity index (χ0v) is 13.8. The number of rotatable bonds is 4. The first-order chi connectivity index (χ1) is 9.86. The summed E-state index contributed by atoms with van der Waals surface area (Å²) in [5.74, 6) is 0. The second kappa shape index (κ2) is 6.44. The number of hydrogen-bond donors (Lipinski definition) is 1. The molecule has 2 unspecified atom stereocenters. The highest BCUT2D eigenvalue weighted by Gasteiger charge is 2.31. The number of sulfonamides is 1. The minimum Gasteiger partial charge on any atom is -0.324 e. The monoisotopic (exact) mass is 311 g/mol. The minimum atomic E-state index is -3.41. The van der Waals surface area contributed by atoms with E-state index in [2.05, 4.69) is 18.9 Å². The fraction of sp³-hybridized carbons (Fsp3) is 0.600. The number of benzene rings is 1. The zero-order valence-electron chi connectivity index (χ0n) is 13.0. The first kappa shape index (κ1) is 16.4. The van der Waals surface area contributed by atoms with Crippen LogP contribution in [0.2, 0.25) is 0 Å². The zero-order chi connectivity index (χ0) is 15.6. The Hall–Kier alpha value is -0.950. The quantitative estimate of drug-likeness (QED) is 0.913. The van der Waals surface area contributed by atoms with Crippen LogP contribution >= 0.6 is 0 Å². The maximum absolute atomic E-state index is 12.7. The predicted octanol–water partition coefficient (Wildman–Crippen LogP) is 1.42. The van der Waals surface area contributed by atoms with Gasteiger partial charge in [0.05, 0.1) is 4.90 Å². The first-order valence-electron chi connectivity index (χ1n) is 7.42. The van der Waals surface area contributed by atoms with Crippen LogP contribution in [0.3, 0.4) is 0 Å². The Morgan fingerprint density at radius 1 is 1.29 bits per heavy atom. The topological polar surface area (TPSA) is 66.6 Å². The normalized spacial score (nSPS) is 23.1. The van der Waals surface area contributed by atoms with E-state index in [0.29, 0.717) is 18.0 Å². The lowest BCUT2D eigenvalue weighted by atomic mass is 10.1. The highest BCUT2D eigenvalue weighted by Crippen LogP contribution is 2.22. The molecular weight excluding hydrogens is 286 g/mol. The predicted molar refractivity (Wildman–Crippen MR) is 84.5 cm³/mol. The van der Waals surface area contributed by atoms with Gasteiger partial charge in [0.1, 0.15) is 0 Å². The molecule has 1 aromatic rings. The van der Waals surface area contributed by atoms with E-state index in [1.807, 2.05) is 6.92 Å². The van der Waals surface area contributed by atoms with Gasteiger partial charge in [-0.05, 0) is 38.1 Å². The highest BCUT2D eigenvalue weighted by atomic mass is 32.2. The summed E-state index contributed by atoms with van der Waals surface area (Å²) in [5, 5.41) is 0. The molecule has 118 valence electrons. The molecule has 2 atom stereocenters. The molecule has 1 saturated heterocycles. The summed E-state index contributed by atoms with van der Waals surface area (Å²) >= 11 is 0. The lowest BCUT2D eigenvalue weighted by Gasteiger charge is -2.38. The molecule has 1 fully saturated rings. The largest absolute Gasteiger partial charge is 0.324 e. The van der Waals surface area contributed by atoms with Crippen molar-refractivity contribution in [2.45, 2.75) is 37.2 Å². The van der Waals surface area contributed by atoms with Gasteiger partial charge in [0.15, 0.2) is 0 Å². The van der Waals surface area contributed by atoms with Gasteiger partial charge in [-0.3, -0.25) is 0 Å². The molecule has 0 aliphatic carbocycles. The Bertz CT molecular complexity index is 569. The van der Waals surface area contributed by atoms with E-state index in [4.69, 9.17) is 5.73 Å². The summed E-state index contributed by atoms with van der Waals surface area (Å²) in [6, 6.07) is 7.11. The van der Waals surface area contributed by atoms with Crippen molar-refractivity contribution in [3.05, 3.63) is 29.8 Å². The fourth-order valence-corrected chi connectivity index (χ4v) is 4.14. The molecule has 2 N–H and O–H groups in total. The maximum atomic E-state index is 12.7. The van der Waals surface area contributed by atoms with E-state index < -0.39 is 10.0 Å². The van der Waals surface area contributed by atoms with Crippen LogP contribution in [0.15, 0.2) is 29.2 Å². The second-order valence-corrected chi connectivity index (χ2v) is 7.70. The summed E-state index contributed by atoms with van der Waals surface area (Å²) in [7, 11) is -1.35. The molecule has 0 saturated carbocycles. The molecule has 2 rings (SSSR count). The SMILES string of the molecule is CCC1CN(S(=O)(=O)c2ccc(C(C)N)cc2)CCN1C. The Kier molecular flexibility index (Phi) is 5.03. The van der Waals surface area contributed by atoms with E-state index in [-0.39, 0.29) is 12.1 Å². The first-order valence-corrected chi connectivity index (χ1v) is 8.86. The van der Waals surface area contributed by atoms with Gasteiger partial charge < -0.3 is 10.6 Å². The van der Waals surface area contributed by atoms with Gasteiger partial charge in [-0.2, -0.15) is 4.31 Å². The average Bonchev–Trinajstić information content (AvgIpc) is 2.47. The van der Waals surface area contributed by atoms with Gasteiger partial charge in [0.25, 0.3) is 0 Å². The lowest BCUT2D eigenvalue weighted by Crippen LogP contribution is -2.52. The van der Waals surface area contributed by atoms with E-state index in [1.54, 1.807) is 28.6 Å².